The van der Waals surface area contributed by atoms with Gasteiger partial charge in [0.1, 0.15) is 0 Å². The highest BCUT2D eigenvalue weighted by atomic mass is 16.5. The van der Waals surface area contributed by atoms with E-state index in [1.54, 1.807) is 0 Å². The number of carbonyl (C=O) groups is 2. The van der Waals surface area contributed by atoms with Crippen molar-refractivity contribution < 1.29 is 19.4 Å². The fourth-order valence-corrected chi connectivity index (χ4v) is 3.89. The Bertz CT molecular complexity index is 466. The zero-order chi connectivity index (χ0) is 18.1. The zero-order valence-corrected chi connectivity index (χ0v) is 15.2. The maximum atomic E-state index is 11.7. The Labute approximate surface area is 150 Å². The van der Waals surface area contributed by atoms with Crippen molar-refractivity contribution in [3.8, 4) is 0 Å². The molecule has 0 spiro atoms. The van der Waals surface area contributed by atoms with E-state index in [2.05, 4.69) is 29.9 Å². The minimum atomic E-state index is -0.734. The second-order valence-electron chi connectivity index (χ2n) is 7.14. The first-order valence-corrected chi connectivity index (χ1v) is 9.65. The highest BCUT2D eigenvalue weighted by Gasteiger charge is 2.47. The number of aliphatic carboxylic acids is 1. The molecule has 2 heterocycles. The van der Waals surface area contributed by atoms with Crippen molar-refractivity contribution in [3.05, 3.63) is 12.2 Å². The van der Waals surface area contributed by atoms with Gasteiger partial charge in [0.25, 0.3) is 0 Å². The quantitative estimate of drug-likeness (QED) is 0.286. The molecule has 0 aliphatic carbocycles. The number of unbranched alkanes of at least 4 members (excludes halogenated alkanes) is 2. The third kappa shape index (κ3) is 6.44. The van der Waals surface area contributed by atoms with E-state index in [-0.39, 0.29) is 12.3 Å². The standard InChI is InChI=1S/C19H32N2O4/c1-2-3-9-18(22)21-20-13-15-14(16-11-12-17(15)25-16)8-6-4-5-7-10-19(23)24/h4,6,14-17,20H,2-3,5,7-13H2,1H3,(H,21,22)(H,23,24)/b6-4-/t14-,15-,16-,17+/m1/s1. The topological polar surface area (TPSA) is 87.7 Å². The third-order valence-electron chi connectivity index (χ3n) is 5.25. The van der Waals surface area contributed by atoms with Gasteiger partial charge in [-0.15, -0.1) is 0 Å². The molecule has 2 fully saturated rings. The molecule has 0 saturated carbocycles. The summed E-state index contributed by atoms with van der Waals surface area (Å²) in [5.74, 6) is 0.228. The Balaban J connectivity index is 1.70. The van der Waals surface area contributed by atoms with E-state index >= 15 is 0 Å². The van der Waals surface area contributed by atoms with Gasteiger partial charge in [-0.05, 0) is 44.4 Å². The predicted octanol–water partition coefficient (Wildman–Crippen LogP) is 2.79. The number of hydrogen-bond donors (Lipinski definition) is 3. The van der Waals surface area contributed by atoms with Crippen LogP contribution in [0.5, 0.6) is 0 Å². The van der Waals surface area contributed by atoms with Gasteiger partial charge in [-0.2, -0.15) is 0 Å². The van der Waals surface area contributed by atoms with E-state index in [1.807, 2.05) is 0 Å². The lowest BCUT2D eigenvalue weighted by atomic mass is 9.77. The van der Waals surface area contributed by atoms with Gasteiger partial charge in [0.15, 0.2) is 0 Å². The summed E-state index contributed by atoms with van der Waals surface area (Å²) < 4.78 is 6.07. The number of fused-ring (bicyclic) bond motifs is 2. The molecule has 142 valence electrons. The Kier molecular flexibility index (Phi) is 8.41. The van der Waals surface area contributed by atoms with Gasteiger partial charge < -0.3 is 9.84 Å². The summed E-state index contributed by atoms with van der Waals surface area (Å²) in [4.78, 5) is 22.2. The monoisotopic (exact) mass is 352 g/mol. The van der Waals surface area contributed by atoms with E-state index < -0.39 is 5.97 Å². The van der Waals surface area contributed by atoms with Crippen molar-refractivity contribution >= 4 is 11.9 Å². The van der Waals surface area contributed by atoms with Crippen LogP contribution in [0.3, 0.4) is 0 Å². The molecular formula is C19H32N2O4. The fourth-order valence-electron chi connectivity index (χ4n) is 3.89. The second-order valence-corrected chi connectivity index (χ2v) is 7.14. The van der Waals surface area contributed by atoms with Gasteiger partial charge in [0.2, 0.25) is 5.91 Å². The van der Waals surface area contributed by atoms with Crippen molar-refractivity contribution in [1.82, 2.24) is 10.9 Å². The SMILES string of the molecule is CCCCC(=O)NNC[C@@H]1[C@@H](C/C=C\CCCC(=O)O)[C@H]2CC[C@@H]1O2. The third-order valence-corrected chi connectivity index (χ3v) is 5.25. The van der Waals surface area contributed by atoms with Gasteiger partial charge in [-0.3, -0.25) is 15.0 Å². The molecule has 25 heavy (non-hydrogen) atoms. The van der Waals surface area contributed by atoms with Crippen molar-refractivity contribution in [2.75, 3.05) is 6.54 Å². The number of carbonyl (C=O) groups excluding carboxylic acids is 1. The lowest BCUT2D eigenvalue weighted by Crippen LogP contribution is -2.44. The van der Waals surface area contributed by atoms with Crippen LogP contribution < -0.4 is 10.9 Å². The average molecular weight is 352 g/mol. The summed E-state index contributed by atoms with van der Waals surface area (Å²) in [5.41, 5.74) is 5.91. The maximum Gasteiger partial charge on any atom is 0.303 e. The molecule has 4 atom stereocenters. The van der Waals surface area contributed by atoms with Crippen molar-refractivity contribution in [2.24, 2.45) is 11.8 Å². The van der Waals surface area contributed by atoms with Crippen LogP contribution in [0, 0.1) is 11.8 Å². The molecule has 0 radical (unpaired) electrons. The van der Waals surface area contributed by atoms with E-state index in [0.717, 1.165) is 45.1 Å². The first-order chi connectivity index (χ1) is 12.1. The normalized spacial score (nSPS) is 27.9. The number of nitrogens with one attached hydrogen (secondary N) is 2. The minimum absolute atomic E-state index is 0.0563. The zero-order valence-electron chi connectivity index (χ0n) is 15.2. The summed E-state index contributed by atoms with van der Waals surface area (Å²) in [6.45, 7) is 2.82. The lowest BCUT2D eigenvalue weighted by molar-refractivity contribution is -0.137. The first-order valence-electron chi connectivity index (χ1n) is 9.65. The summed E-state index contributed by atoms with van der Waals surface area (Å²) in [6, 6.07) is 0. The summed E-state index contributed by atoms with van der Waals surface area (Å²) in [6.07, 6.45) is 12.3. The van der Waals surface area contributed by atoms with Gasteiger partial charge >= 0.3 is 5.97 Å². The molecule has 1 amide bonds. The first kappa shape index (κ1) is 19.9. The second kappa shape index (κ2) is 10.6. The van der Waals surface area contributed by atoms with Crippen LogP contribution in [0.4, 0.5) is 0 Å². The predicted molar refractivity (Wildman–Crippen MR) is 95.8 cm³/mol. The van der Waals surface area contributed by atoms with E-state index in [4.69, 9.17) is 9.84 Å². The molecule has 2 rings (SSSR count). The van der Waals surface area contributed by atoms with Crippen LogP contribution in [0.25, 0.3) is 0 Å². The van der Waals surface area contributed by atoms with E-state index in [1.165, 1.54) is 0 Å². The Morgan fingerprint density at radius 2 is 1.88 bits per heavy atom. The van der Waals surface area contributed by atoms with Gasteiger partial charge in [-0.1, -0.05) is 25.5 Å². The highest BCUT2D eigenvalue weighted by Crippen LogP contribution is 2.44. The average Bonchev–Trinajstić information content (AvgIpc) is 3.18. The van der Waals surface area contributed by atoms with Crippen LogP contribution in [-0.2, 0) is 14.3 Å². The number of allylic oxidation sites excluding steroid dienone is 2. The van der Waals surface area contributed by atoms with Crippen LogP contribution >= 0.6 is 0 Å². The number of carboxylic acid groups (broad SMARTS) is 1. The van der Waals surface area contributed by atoms with Crippen LogP contribution in [-0.4, -0.2) is 35.7 Å². The molecule has 0 aromatic carbocycles. The molecule has 6 heteroatoms. The van der Waals surface area contributed by atoms with Gasteiger partial charge in [0, 0.05) is 25.3 Å². The molecule has 2 aliphatic rings. The van der Waals surface area contributed by atoms with Crippen LogP contribution in [0.2, 0.25) is 0 Å². The van der Waals surface area contributed by atoms with Gasteiger partial charge in [-0.25, -0.2) is 5.43 Å². The summed E-state index contributed by atoms with van der Waals surface area (Å²) >= 11 is 0. The summed E-state index contributed by atoms with van der Waals surface area (Å²) in [5, 5.41) is 8.64. The Hall–Kier alpha value is -1.40. The molecule has 6 nitrogen and oxygen atoms in total. The van der Waals surface area contributed by atoms with E-state index in [9.17, 15) is 9.59 Å². The molecule has 2 aliphatic heterocycles. The number of carboxylic acids is 1. The number of hydrogen-bond acceptors (Lipinski definition) is 4. The Morgan fingerprint density at radius 3 is 2.60 bits per heavy atom. The molecule has 0 unspecified atom stereocenters. The minimum Gasteiger partial charge on any atom is -0.481 e. The smallest absolute Gasteiger partial charge is 0.303 e. The van der Waals surface area contributed by atoms with Crippen molar-refractivity contribution in [1.29, 1.82) is 0 Å². The molecular weight excluding hydrogens is 320 g/mol. The van der Waals surface area contributed by atoms with Gasteiger partial charge in [0.05, 0.1) is 12.2 Å². The molecule has 0 aromatic heterocycles. The molecule has 3 N–H and O–H groups in total. The number of amides is 1. The fraction of sp³-hybridized carbons (Fsp3) is 0.789. The number of ether oxygens (including phenoxy) is 1. The highest BCUT2D eigenvalue weighted by molar-refractivity contribution is 5.75. The molecule has 2 saturated heterocycles. The largest absolute Gasteiger partial charge is 0.481 e. The molecule has 2 bridgehead atoms. The van der Waals surface area contributed by atoms with E-state index in [0.29, 0.717) is 36.9 Å². The van der Waals surface area contributed by atoms with Crippen molar-refractivity contribution in [2.45, 2.75) is 76.9 Å². The Morgan fingerprint density at radius 1 is 1.12 bits per heavy atom. The number of hydrazine groups is 1. The lowest BCUT2D eigenvalue weighted by Gasteiger charge is -2.27. The number of rotatable bonds is 12. The maximum absolute atomic E-state index is 11.7. The van der Waals surface area contributed by atoms with Crippen LogP contribution in [0.15, 0.2) is 12.2 Å². The summed E-state index contributed by atoms with van der Waals surface area (Å²) in [7, 11) is 0. The molecule has 0 aromatic rings. The van der Waals surface area contributed by atoms with Crippen molar-refractivity contribution in [3.63, 3.8) is 0 Å². The van der Waals surface area contributed by atoms with Crippen LogP contribution in [0.1, 0.15) is 64.7 Å².